The summed E-state index contributed by atoms with van der Waals surface area (Å²) in [6.07, 6.45) is 3.54. The van der Waals surface area contributed by atoms with Gasteiger partial charge in [0.05, 0.1) is 5.69 Å². The molecule has 0 aliphatic carbocycles. The van der Waals surface area contributed by atoms with Gasteiger partial charge in [-0.3, -0.25) is 10.1 Å². The van der Waals surface area contributed by atoms with Crippen molar-refractivity contribution in [2.45, 2.75) is 30.9 Å². The first-order valence-corrected chi connectivity index (χ1v) is 9.14. The van der Waals surface area contributed by atoms with Gasteiger partial charge in [0, 0.05) is 35.7 Å². The summed E-state index contributed by atoms with van der Waals surface area (Å²) < 4.78 is 5.56. The van der Waals surface area contributed by atoms with Crippen LogP contribution in [0.2, 0.25) is 0 Å². The van der Waals surface area contributed by atoms with Gasteiger partial charge in [0.1, 0.15) is 11.1 Å². The van der Waals surface area contributed by atoms with Crippen molar-refractivity contribution in [3.8, 4) is 11.4 Å². The van der Waals surface area contributed by atoms with Crippen molar-refractivity contribution >= 4 is 23.1 Å². The van der Waals surface area contributed by atoms with Gasteiger partial charge >= 0.3 is 0 Å². The summed E-state index contributed by atoms with van der Waals surface area (Å²) in [5, 5.41) is 10.9. The van der Waals surface area contributed by atoms with Crippen LogP contribution in [0.5, 0.6) is 0 Å². The van der Waals surface area contributed by atoms with Crippen LogP contribution in [0.25, 0.3) is 11.4 Å². The van der Waals surface area contributed by atoms with E-state index in [1.807, 2.05) is 26.0 Å². The number of aromatic amines is 1. The van der Waals surface area contributed by atoms with Gasteiger partial charge in [-0.15, -0.1) is 16.4 Å². The SMILES string of the molecule is CCOC(C)c1nc(CSc2n[nH]c(-c3cccnc3)n2)cs1. The normalized spacial score (nSPS) is 12.4. The molecule has 0 saturated heterocycles. The van der Waals surface area contributed by atoms with Crippen molar-refractivity contribution in [2.75, 3.05) is 6.61 Å². The molecule has 0 aliphatic rings. The second-order valence-corrected chi connectivity index (χ2v) is 6.60. The molecule has 0 aromatic carbocycles. The highest BCUT2D eigenvalue weighted by Gasteiger charge is 2.12. The van der Waals surface area contributed by atoms with Gasteiger partial charge in [-0.1, -0.05) is 11.8 Å². The molecule has 8 heteroatoms. The van der Waals surface area contributed by atoms with Gasteiger partial charge in [0.25, 0.3) is 0 Å². The minimum atomic E-state index is 0.0458. The largest absolute Gasteiger partial charge is 0.372 e. The van der Waals surface area contributed by atoms with E-state index in [4.69, 9.17) is 4.74 Å². The van der Waals surface area contributed by atoms with Crippen LogP contribution in [0, 0.1) is 0 Å². The van der Waals surface area contributed by atoms with Crippen molar-refractivity contribution < 1.29 is 4.74 Å². The maximum atomic E-state index is 5.56. The lowest BCUT2D eigenvalue weighted by atomic mass is 10.3. The highest BCUT2D eigenvalue weighted by molar-refractivity contribution is 7.98. The molecule has 0 radical (unpaired) electrons. The van der Waals surface area contributed by atoms with E-state index in [1.54, 1.807) is 35.5 Å². The molecule has 3 aromatic rings. The molecule has 3 aromatic heterocycles. The molecule has 0 aliphatic heterocycles. The maximum Gasteiger partial charge on any atom is 0.209 e. The summed E-state index contributed by atoms with van der Waals surface area (Å²) in [6.45, 7) is 4.71. The fourth-order valence-corrected chi connectivity index (χ4v) is 3.60. The zero-order valence-corrected chi connectivity index (χ0v) is 14.5. The van der Waals surface area contributed by atoms with Crippen LogP contribution in [-0.2, 0) is 10.5 Å². The molecule has 120 valence electrons. The van der Waals surface area contributed by atoms with Gasteiger partial charge in [-0.25, -0.2) is 9.97 Å². The van der Waals surface area contributed by atoms with E-state index in [1.165, 1.54) is 0 Å². The molecule has 6 nitrogen and oxygen atoms in total. The average Bonchev–Trinajstić information content (AvgIpc) is 3.23. The van der Waals surface area contributed by atoms with Crippen molar-refractivity contribution in [3.63, 3.8) is 0 Å². The number of nitrogens with one attached hydrogen (secondary N) is 1. The Morgan fingerprint density at radius 1 is 1.39 bits per heavy atom. The Morgan fingerprint density at radius 3 is 3.09 bits per heavy atom. The van der Waals surface area contributed by atoms with E-state index in [0.29, 0.717) is 11.8 Å². The van der Waals surface area contributed by atoms with Crippen LogP contribution in [0.3, 0.4) is 0 Å². The molecule has 0 saturated carbocycles. The molecule has 0 bridgehead atoms. The fraction of sp³-hybridized carbons (Fsp3) is 0.333. The van der Waals surface area contributed by atoms with Crippen molar-refractivity contribution in [2.24, 2.45) is 0 Å². The van der Waals surface area contributed by atoms with Gasteiger partial charge in [0.2, 0.25) is 5.16 Å². The Morgan fingerprint density at radius 2 is 2.30 bits per heavy atom. The lowest BCUT2D eigenvalue weighted by Gasteiger charge is -2.06. The number of thioether (sulfide) groups is 1. The third kappa shape index (κ3) is 4.15. The minimum absolute atomic E-state index is 0.0458. The van der Waals surface area contributed by atoms with E-state index in [-0.39, 0.29) is 6.10 Å². The Hall–Kier alpha value is -1.77. The zero-order valence-electron chi connectivity index (χ0n) is 12.9. The fourth-order valence-electron chi connectivity index (χ4n) is 1.98. The van der Waals surface area contributed by atoms with Gasteiger partial charge < -0.3 is 4.74 Å². The number of ether oxygens (including phenoxy) is 1. The summed E-state index contributed by atoms with van der Waals surface area (Å²) in [5.74, 6) is 1.46. The Bertz CT molecular complexity index is 743. The highest BCUT2D eigenvalue weighted by atomic mass is 32.2. The van der Waals surface area contributed by atoms with Crippen LogP contribution in [0.15, 0.2) is 35.1 Å². The first-order chi connectivity index (χ1) is 11.3. The van der Waals surface area contributed by atoms with E-state index in [9.17, 15) is 0 Å². The maximum absolute atomic E-state index is 5.56. The second-order valence-electron chi connectivity index (χ2n) is 4.77. The lowest BCUT2D eigenvalue weighted by molar-refractivity contribution is 0.0761. The standard InChI is InChI=1S/C15H17N5OS2/c1-3-21-10(2)14-17-12(8-22-14)9-23-15-18-13(19-20-15)11-5-4-6-16-7-11/h4-8,10H,3,9H2,1-2H3,(H,18,19,20). The van der Waals surface area contributed by atoms with Crippen LogP contribution in [0.1, 0.15) is 30.7 Å². The number of thiazole rings is 1. The van der Waals surface area contributed by atoms with Gasteiger partial charge in [0.15, 0.2) is 5.82 Å². The predicted molar refractivity (Wildman–Crippen MR) is 91.3 cm³/mol. The number of hydrogen-bond acceptors (Lipinski definition) is 7. The first kappa shape index (κ1) is 16.1. The van der Waals surface area contributed by atoms with Crippen LogP contribution >= 0.6 is 23.1 Å². The number of rotatable bonds is 7. The number of nitrogens with zero attached hydrogens (tertiary/aromatic N) is 4. The van der Waals surface area contributed by atoms with Crippen LogP contribution in [0.4, 0.5) is 0 Å². The van der Waals surface area contributed by atoms with E-state index >= 15 is 0 Å². The summed E-state index contributed by atoms with van der Waals surface area (Å²) in [4.78, 5) is 13.2. The molecule has 1 unspecified atom stereocenters. The summed E-state index contributed by atoms with van der Waals surface area (Å²) in [7, 11) is 0. The lowest BCUT2D eigenvalue weighted by Crippen LogP contribution is -1.98. The van der Waals surface area contributed by atoms with Crippen LogP contribution < -0.4 is 0 Å². The Balaban J connectivity index is 1.60. The number of hydrogen-bond donors (Lipinski definition) is 1. The van der Waals surface area contributed by atoms with Crippen molar-refractivity contribution in [1.82, 2.24) is 25.1 Å². The molecule has 3 rings (SSSR count). The molecular weight excluding hydrogens is 330 g/mol. The molecule has 3 heterocycles. The van der Waals surface area contributed by atoms with Crippen molar-refractivity contribution in [3.05, 3.63) is 40.6 Å². The first-order valence-electron chi connectivity index (χ1n) is 7.27. The minimum Gasteiger partial charge on any atom is -0.372 e. The summed E-state index contributed by atoms with van der Waals surface area (Å²) >= 11 is 3.19. The topological polar surface area (TPSA) is 76.6 Å². The molecular formula is C15H17N5OS2. The highest BCUT2D eigenvalue weighted by Crippen LogP contribution is 2.26. The quantitative estimate of drug-likeness (QED) is 0.657. The number of aromatic nitrogens is 5. The van der Waals surface area contributed by atoms with E-state index < -0.39 is 0 Å². The molecule has 0 spiro atoms. The molecule has 23 heavy (non-hydrogen) atoms. The monoisotopic (exact) mass is 347 g/mol. The number of pyridine rings is 1. The molecule has 1 N–H and O–H groups in total. The van der Waals surface area contributed by atoms with E-state index in [0.717, 1.165) is 27.8 Å². The smallest absolute Gasteiger partial charge is 0.209 e. The zero-order chi connectivity index (χ0) is 16.1. The summed E-state index contributed by atoms with van der Waals surface area (Å²) in [5.41, 5.74) is 1.95. The Kier molecular flexibility index (Phi) is 5.37. The third-order valence-corrected chi connectivity index (χ3v) is 5.02. The van der Waals surface area contributed by atoms with Crippen molar-refractivity contribution in [1.29, 1.82) is 0 Å². The molecule has 0 fully saturated rings. The molecule has 1 atom stereocenters. The predicted octanol–water partition coefficient (Wildman–Crippen LogP) is 3.71. The van der Waals surface area contributed by atoms with E-state index in [2.05, 4.69) is 30.5 Å². The van der Waals surface area contributed by atoms with Gasteiger partial charge in [-0.05, 0) is 26.0 Å². The number of H-pyrrole nitrogens is 1. The van der Waals surface area contributed by atoms with Crippen LogP contribution in [-0.4, -0.2) is 31.8 Å². The second kappa shape index (κ2) is 7.67. The van der Waals surface area contributed by atoms with Gasteiger partial charge in [-0.2, -0.15) is 0 Å². The third-order valence-electron chi connectivity index (χ3n) is 3.08. The summed E-state index contributed by atoms with van der Waals surface area (Å²) in [6, 6.07) is 3.82. The molecule has 0 amide bonds. The average molecular weight is 347 g/mol. The Labute approximate surface area is 142 Å².